The Hall–Kier alpha value is -1.10. The average molecular weight is 294 g/mol. The number of piperazine rings is 1. The van der Waals surface area contributed by atoms with Crippen molar-refractivity contribution >= 4 is 11.8 Å². The van der Waals surface area contributed by atoms with Gasteiger partial charge in [-0.25, -0.2) is 0 Å². The van der Waals surface area contributed by atoms with Crippen LogP contribution in [0.25, 0.3) is 0 Å². The number of rotatable bonds is 2. The molecule has 5 heteroatoms. The first-order valence-corrected chi connectivity index (χ1v) is 8.33. The summed E-state index contributed by atoms with van der Waals surface area (Å²) in [4.78, 5) is 29.0. The molecule has 1 spiro atoms. The van der Waals surface area contributed by atoms with E-state index in [2.05, 4.69) is 0 Å². The van der Waals surface area contributed by atoms with E-state index in [9.17, 15) is 9.59 Å². The largest absolute Gasteiger partial charge is 0.381 e. The first-order chi connectivity index (χ1) is 10.2. The van der Waals surface area contributed by atoms with E-state index in [4.69, 9.17) is 4.74 Å². The van der Waals surface area contributed by atoms with E-state index in [-0.39, 0.29) is 29.8 Å². The zero-order valence-corrected chi connectivity index (χ0v) is 13.0. The molecule has 3 fully saturated rings. The molecule has 0 aromatic carbocycles. The van der Waals surface area contributed by atoms with Crippen molar-refractivity contribution in [3.05, 3.63) is 0 Å². The van der Waals surface area contributed by atoms with Crippen molar-refractivity contribution in [2.24, 2.45) is 5.92 Å². The number of likely N-dealkylation sites (N-methyl/N-ethyl adjacent to an activating group) is 1. The molecule has 1 saturated carbocycles. The Balaban J connectivity index is 1.78. The highest BCUT2D eigenvalue weighted by Gasteiger charge is 2.47. The van der Waals surface area contributed by atoms with Crippen molar-refractivity contribution in [3.8, 4) is 0 Å². The van der Waals surface area contributed by atoms with E-state index in [0.717, 1.165) is 45.1 Å². The highest BCUT2D eigenvalue weighted by molar-refractivity contribution is 5.88. The van der Waals surface area contributed by atoms with Gasteiger partial charge in [-0.3, -0.25) is 9.59 Å². The molecule has 0 aromatic rings. The average Bonchev–Trinajstić information content (AvgIpc) is 3.01. The number of amides is 2. The molecule has 2 saturated heterocycles. The first kappa shape index (κ1) is 14.8. The van der Waals surface area contributed by atoms with Crippen molar-refractivity contribution in [3.63, 3.8) is 0 Å². The molecule has 21 heavy (non-hydrogen) atoms. The monoisotopic (exact) mass is 294 g/mol. The van der Waals surface area contributed by atoms with E-state index in [1.54, 1.807) is 0 Å². The van der Waals surface area contributed by atoms with E-state index in [1.165, 1.54) is 0 Å². The maximum absolute atomic E-state index is 12.7. The molecular weight excluding hydrogens is 268 g/mol. The zero-order chi connectivity index (χ0) is 14.9. The smallest absolute Gasteiger partial charge is 0.242 e. The summed E-state index contributed by atoms with van der Waals surface area (Å²) in [6.07, 6.45) is 5.99. The van der Waals surface area contributed by atoms with E-state index >= 15 is 0 Å². The fraction of sp³-hybridized carbons (Fsp3) is 0.875. The van der Waals surface area contributed by atoms with Gasteiger partial charge < -0.3 is 14.5 Å². The zero-order valence-electron chi connectivity index (χ0n) is 13.0. The predicted molar refractivity (Wildman–Crippen MR) is 78.7 cm³/mol. The van der Waals surface area contributed by atoms with Crippen molar-refractivity contribution in [2.45, 2.75) is 51.0 Å². The van der Waals surface area contributed by atoms with Crippen LogP contribution in [0.4, 0.5) is 0 Å². The van der Waals surface area contributed by atoms with Gasteiger partial charge in [-0.1, -0.05) is 12.8 Å². The lowest BCUT2D eigenvalue weighted by atomic mass is 9.84. The molecule has 2 amide bonds. The molecule has 5 nitrogen and oxygen atoms in total. The molecule has 3 rings (SSSR count). The molecule has 118 valence electrons. The summed E-state index contributed by atoms with van der Waals surface area (Å²) in [6.45, 7) is 5.11. The number of carbonyl (C=O) groups excluding carboxylic acids is 2. The van der Waals surface area contributed by atoms with Crippen molar-refractivity contribution in [2.75, 3.05) is 32.8 Å². The third-order valence-electron chi connectivity index (χ3n) is 5.44. The molecule has 1 aliphatic carbocycles. The molecule has 0 aromatic heterocycles. The SMILES string of the molecule is CCN1C(=O)CN(C(=O)C2CCCC2)CC12CCOCC2. The second-order valence-corrected chi connectivity index (χ2v) is 6.65. The lowest BCUT2D eigenvalue weighted by molar-refractivity contribution is -0.162. The minimum Gasteiger partial charge on any atom is -0.381 e. The highest BCUT2D eigenvalue weighted by Crippen LogP contribution is 2.34. The van der Waals surface area contributed by atoms with Crippen molar-refractivity contribution < 1.29 is 14.3 Å². The van der Waals surface area contributed by atoms with Crippen LogP contribution in [0.15, 0.2) is 0 Å². The number of carbonyl (C=O) groups is 2. The molecule has 0 bridgehead atoms. The Morgan fingerprint density at radius 1 is 1.29 bits per heavy atom. The molecule has 0 N–H and O–H groups in total. The summed E-state index contributed by atoms with van der Waals surface area (Å²) in [5.41, 5.74) is -0.184. The van der Waals surface area contributed by atoms with Gasteiger partial charge in [0, 0.05) is 32.2 Å². The van der Waals surface area contributed by atoms with E-state index in [1.807, 2.05) is 16.7 Å². The molecule has 3 aliphatic rings. The Bertz CT molecular complexity index is 412. The standard InChI is InChI=1S/C16H26N2O3/c1-2-18-14(19)11-17(15(20)13-5-3-4-6-13)12-16(18)7-9-21-10-8-16/h13H,2-12H2,1H3. The second kappa shape index (κ2) is 5.95. The van der Waals surface area contributed by atoms with E-state index < -0.39 is 0 Å². The molecule has 0 radical (unpaired) electrons. The first-order valence-electron chi connectivity index (χ1n) is 8.33. The summed E-state index contributed by atoms with van der Waals surface area (Å²) >= 11 is 0. The number of nitrogens with zero attached hydrogens (tertiary/aromatic N) is 2. The Labute approximate surface area is 126 Å². The quantitative estimate of drug-likeness (QED) is 0.774. The fourth-order valence-electron chi connectivity index (χ4n) is 4.29. The van der Waals surface area contributed by atoms with Crippen LogP contribution in [0.2, 0.25) is 0 Å². The highest BCUT2D eigenvalue weighted by atomic mass is 16.5. The minimum absolute atomic E-state index is 0.108. The van der Waals surface area contributed by atoms with Gasteiger partial charge >= 0.3 is 0 Å². The summed E-state index contributed by atoms with van der Waals surface area (Å²) in [5, 5.41) is 0. The van der Waals surface area contributed by atoms with Crippen LogP contribution in [0.5, 0.6) is 0 Å². The van der Waals surface area contributed by atoms with E-state index in [0.29, 0.717) is 19.8 Å². The second-order valence-electron chi connectivity index (χ2n) is 6.65. The summed E-state index contributed by atoms with van der Waals surface area (Å²) in [5.74, 6) is 0.474. The third kappa shape index (κ3) is 2.68. The summed E-state index contributed by atoms with van der Waals surface area (Å²) < 4.78 is 5.48. The van der Waals surface area contributed by atoms with Gasteiger partial charge in [-0.05, 0) is 32.6 Å². The molecular formula is C16H26N2O3. The predicted octanol–water partition coefficient (Wildman–Crippen LogP) is 1.42. The minimum atomic E-state index is -0.184. The summed E-state index contributed by atoms with van der Waals surface area (Å²) in [6, 6.07) is 0. The van der Waals surface area contributed by atoms with Crippen molar-refractivity contribution in [1.82, 2.24) is 9.80 Å². The van der Waals surface area contributed by atoms with Gasteiger partial charge in [-0.15, -0.1) is 0 Å². The summed E-state index contributed by atoms with van der Waals surface area (Å²) in [7, 11) is 0. The van der Waals surface area contributed by atoms with Crippen LogP contribution in [0, 0.1) is 5.92 Å². The van der Waals surface area contributed by atoms with Crippen molar-refractivity contribution in [1.29, 1.82) is 0 Å². The van der Waals surface area contributed by atoms with Gasteiger partial charge in [0.2, 0.25) is 11.8 Å². The Morgan fingerprint density at radius 3 is 2.57 bits per heavy atom. The van der Waals surface area contributed by atoms with Gasteiger partial charge in [0.25, 0.3) is 0 Å². The topological polar surface area (TPSA) is 49.9 Å². The van der Waals surface area contributed by atoms with Crippen LogP contribution in [-0.4, -0.2) is 60.0 Å². The normalized spacial score (nSPS) is 26.6. The number of hydrogen-bond acceptors (Lipinski definition) is 3. The molecule has 2 aliphatic heterocycles. The lowest BCUT2D eigenvalue weighted by Gasteiger charge is -2.52. The maximum atomic E-state index is 12.7. The maximum Gasteiger partial charge on any atom is 0.242 e. The number of ether oxygens (including phenoxy) is 1. The number of hydrogen-bond donors (Lipinski definition) is 0. The van der Waals surface area contributed by atoms with Crippen LogP contribution < -0.4 is 0 Å². The third-order valence-corrected chi connectivity index (χ3v) is 5.44. The van der Waals surface area contributed by atoms with Gasteiger partial charge in [0.1, 0.15) is 0 Å². The molecule has 0 atom stereocenters. The Morgan fingerprint density at radius 2 is 1.95 bits per heavy atom. The van der Waals surface area contributed by atoms with Crippen LogP contribution >= 0.6 is 0 Å². The molecule has 2 heterocycles. The van der Waals surface area contributed by atoms with Gasteiger partial charge in [0.05, 0.1) is 12.1 Å². The lowest BCUT2D eigenvalue weighted by Crippen LogP contribution is -2.67. The van der Waals surface area contributed by atoms with Crippen LogP contribution in [0.3, 0.4) is 0 Å². The van der Waals surface area contributed by atoms with Gasteiger partial charge in [0.15, 0.2) is 0 Å². The van der Waals surface area contributed by atoms with Crippen LogP contribution in [0.1, 0.15) is 45.4 Å². The Kier molecular flexibility index (Phi) is 4.20. The van der Waals surface area contributed by atoms with Crippen LogP contribution in [-0.2, 0) is 14.3 Å². The fourth-order valence-corrected chi connectivity index (χ4v) is 4.29. The molecule has 0 unspecified atom stereocenters. The van der Waals surface area contributed by atoms with Gasteiger partial charge in [-0.2, -0.15) is 0 Å².